The van der Waals surface area contributed by atoms with Crippen LogP contribution in [-0.2, 0) is 14.8 Å². The molecule has 0 unspecified atom stereocenters. The number of carboxylic acids is 1. The van der Waals surface area contributed by atoms with Gasteiger partial charge in [0, 0.05) is 13.6 Å². The van der Waals surface area contributed by atoms with Crippen molar-refractivity contribution < 1.29 is 18.3 Å². The van der Waals surface area contributed by atoms with Gasteiger partial charge in [-0.25, -0.2) is 12.7 Å². The second-order valence-corrected chi connectivity index (χ2v) is 6.35. The van der Waals surface area contributed by atoms with Gasteiger partial charge in [0.2, 0.25) is 10.0 Å². The van der Waals surface area contributed by atoms with Crippen LogP contribution in [0.15, 0.2) is 0 Å². The van der Waals surface area contributed by atoms with Crippen molar-refractivity contribution in [1.29, 1.82) is 0 Å². The van der Waals surface area contributed by atoms with E-state index in [0.717, 1.165) is 4.31 Å². The van der Waals surface area contributed by atoms with E-state index in [9.17, 15) is 13.2 Å². The standard InChI is InChI=1S/C8H18N2O4S/c1-8(2,5-9)6-10(3)15(13,14)4-7(11)12/h4-6,9H2,1-3H3,(H,11,12). The first kappa shape index (κ1) is 14.3. The molecular weight excluding hydrogens is 220 g/mol. The van der Waals surface area contributed by atoms with Crippen LogP contribution in [0.1, 0.15) is 13.8 Å². The summed E-state index contributed by atoms with van der Waals surface area (Å²) in [5, 5.41) is 8.42. The average molecular weight is 238 g/mol. The number of nitrogens with zero attached hydrogens (tertiary/aromatic N) is 1. The predicted octanol–water partition coefficient (Wildman–Crippen LogP) is -0.682. The number of rotatable bonds is 6. The number of hydrogen-bond acceptors (Lipinski definition) is 4. The van der Waals surface area contributed by atoms with Crippen LogP contribution in [0.3, 0.4) is 0 Å². The summed E-state index contributed by atoms with van der Waals surface area (Å²) in [7, 11) is -2.37. The largest absolute Gasteiger partial charge is 0.480 e. The Kier molecular flexibility index (Phi) is 4.69. The Labute approximate surface area is 90.1 Å². The number of carbonyl (C=O) groups is 1. The van der Waals surface area contributed by atoms with E-state index in [-0.39, 0.29) is 12.0 Å². The van der Waals surface area contributed by atoms with E-state index in [2.05, 4.69) is 0 Å². The minimum Gasteiger partial charge on any atom is -0.480 e. The molecule has 0 atom stereocenters. The fourth-order valence-corrected chi connectivity index (χ4v) is 2.11. The van der Waals surface area contributed by atoms with Crippen LogP contribution < -0.4 is 5.73 Å². The molecule has 0 bridgehead atoms. The summed E-state index contributed by atoms with van der Waals surface area (Å²) in [5.74, 6) is -2.24. The second-order valence-electron chi connectivity index (χ2n) is 4.27. The molecule has 0 spiro atoms. The Morgan fingerprint density at radius 1 is 1.47 bits per heavy atom. The highest BCUT2D eigenvalue weighted by molar-refractivity contribution is 7.89. The highest BCUT2D eigenvalue weighted by atomic mass is 32.2. The first-order valence-corrected chi connectivity index (χ1v) is 6.07. The lowest BCUT2D eigenvalue weighted by atomic mass is 9.94. The van der Waals surface area contributed by atoms with Gasteiger partial charge in [-0.3, -0.25) is 4.79 Å². The summed E-state index contributed by atoms with van der Waals surface area (Å²) in [6.45, 7) is 4.18. The fraction of sp³-hybridized carbons (Fsp3) is 0.875. The molecule has 0 rings (SSSR count). The molecule has 0 aliphatic carbocycles. The Morgan fingerprint density at radius 3 is 2.27 bits per heavy atom. The topological polar surface area (TPSA) is 101 Å². The van der Waals surface area contributed by atoms with Gasteiger partial charge >= 0.3 is 5.97 Å². The van der Waals surface area contributed by atoms with Crippen LogP contribution in [-0.4, -0.2) is 49.7 Å². The third kappa shape index (κ3) is 5.10. The fourth-order valence-electron chi connectivity index (χ4n) is 1.03. The van der Waals surface area contributed by atoms with Crippen molar-refractivity contribution in [2.75, 3.05) is 25.9 Å². The van der Waals surface area contributed by atoms with Crippen LogP contribution in [0, 0.1) is 5.41 Å². The molecule has 0 aliphatic rings. The zero-order valence-corrected chi connectivity index (χ0v) is 10.0. The molecule has 0 saturated carbocycles. The molecule has 0 aromatic rings. The van der Waals surface area contributed by atoms with Gasteiger partial charge in [-0.05, 0) is 12.0 Å². The summed E-state index contributed by atoms with van der Waals surface area (Å²) in [6.07, 6.45) is 0. The molecule has 0 amide bonds. The van der Waals surface area contributed by atoms with Crippen molar-refractivity contribution in [2.45, 2.75) is 13.8 Å². The Balaban J connectivity index is 4.58. The Morgan fingerprint density at radius 2 is 1.93 bits per heavy atom. The molecule has 0 aromatic carbocycles. The zero-order chi connectivity index (χ0) is 12.3. The maximum absolute atomic E-state index is 11.4. The lowest BCUT2D eigenvalue weighted by molar-refractivity contribution is -0.134. The maximum atomic E-state index is 11.4. The van der Waals surface area contributed by atoms with Gasteiger partial charge in [0.25, 0.3) is 0 Å². The lowest BCUT2D eigenvalue weighted by Gasteiger charge is -2.27. The first-order chi connectivity index (χ1) is 6.60. The van der Waals surface area contributed by atoms with Crippen LogP contribution in [0.2, 0.25) is 0 Å². The number of aliphatic carboxylic acids is 1. The zero-order valence-electron chi connectivity index (χ0n) is 9.23. The Hall–Kier alpha value is -0.660. The van der Waals surface area contributed by atoms with Gasteiger partial charge in [-0.15, -0.1) is 0 Å². The molecule has 0 saturated heterocycles. The van der Waals surface area contributed by atoms with E-state index in [4.69, 9.17) is 10.8 Å². The van der Waals surface area contributed by atoms with Crippen molar-refractivity contribution >= 4 is 16.0 Å². The quantitative estimate of drug-likeness (QED) is 0.638. The molecule has 6 nitrogen and oxygen atoms in total. The van der Waals surface area contributed by atoms with E-state index in [0.29, 0.717) is 6.54 Å². The van der Waals surface area contributed by atoms with E-state index in [1.165, 1.54) is 7.05 Å². The third-order valence-electron chi connectivity index (χ3n) is 1.98. The SMILES string of the molecule is CN(CC(C)(C)CN)S(=O)(=O)CC(=O)O. The van der Waals surface area contributed by atoms with E-state index >= 15 is 0 Å². The minimum absolute atomic E-state index is 0.207. The molecule has 0 fully saturated rings. The van der Waals surface area contributed by atoms with Crippen LogP contribution in [0.5, 0.6) is 0 Å². The van der Waals surface area contributed by atoms with Crippen molar-refractivity contribution in [3.8, 4) is 0 Å². The van der Waals surface area contributed by atoms with Gasteiger partial charge in [-0.2, -0.15) is 0 Å². The van der Waals surface area contributed by atoms with Crippen LogP contribution >= 0.6 is 0 Å². The molecule has 7 heteroatoms. The number of carboxylic acid groups (broad SMARTS) is 1. The number of hydrogen-bond donors (Lipinski definition) is 2. The normalized spacial score (nSPS) is 13.1. The van der Waals surface area contributed by atoms with E-state index in [1.54, 1.807) is 0 Å². The molecule has 0 aromatic heterocycles. The molecule has 0 aliphatic heterocycles. The van der Waals surface area contributed by atoms with E-state index in [1.807, 2.05) is 13.8 Å². The predicted molar refractivity (Wildman–Crippen MR) is 56.9 cm³/mol. The molecule has 15 heavy (non-hydrogen) atoms. The third-order valence-corrected chi connectivity index (χ3v) is 3.67. The first-order valence-electron chi connectivity index (χ1n) is 4.46. The summed E-state index contributed by atoms with van der Waals surface area (Å²) in [5.41, 5.74) is 5.10. The molecule has 3 N–H and O–H groups in total. The summed E-state index contributed by atoms with van der Waals surface area (Å²) >= 11 is 0. The van der Waals surface area contributed by atoms with Crippen LogP contribution in [0.25, 0.3) is 0 Å². The number of nitrogens with two attached hydrogens (primary N) is 1. The Bertz CT molecular complexity index is 324. The van der Waals surface area contributed by atoms with E-state index < -0.39 is 21.7 Å². The molecular formula is C8H18N2O4S. The minimum atomic E-state index is -3.72. The summed E-state index contributed by atoms with van der Waals surface area (Å²) in [4.78, 5) is 10.3. The van der Waals surface area contributed by atoms with Gasteiger partial charge in [0.1, 0.15) is 0 Å². The van der Waals surface area contributed by atoms with Crippen molar-refractivity contribution in [3.63, 3.8) is 0 Å². The molecule has 0 heterocycles. The summed E-state index contributed by atoms with van der Waals surface area (Å²) < 4.78 is 23.9. The summed E-state index contributed by atoms with van der Waals surface area (Å²) in [6, 6.07) is 0. The highest BCUT2D eigenvalue weighted by Crippen LogP contribution is 2.15. The van der Waals surface area contributed by atoms with Gasteiger partial charge in [0.05, 0.1) is 0 Å². The van der Waals surface area contributed by atoms with Crippen molar-refractivity contribution in [3.05, 3.63) is 0 Å². The molecule has 0 radical (unpaired) electrons. The smallest absolute Gasteiger partial charge is 0.320 e. The highest BCUT2D eigenvalue weighted by Gasteiger charge is 2.27. The maximum Gasteiger partial charge on any atom is 0.320 e. The average Bonchev–Trinajstić information content (AvgIpc) is 2.01. The molecule has 90 valence electrons. The lowest BCUT2D eigenvalue weighted by Crippen LogP contribution is -2.41. The van der Waals surface area contributed by atoms with Crippen molar-refractivity contribution in [1.82, 2.24) is 4.31 Å². The van der Waals surface area contributed by atoms with Crippen molar-refractivity contribution in [2.24, 2.45) is 11.1 Å². The monoisotopic (exact) mass is 238 g/mol. The van der Waals surface area contributed by atoms with Gasteiger partial charge in [-0.1, -0.05) is 13.8 Å². The van der Waals surface area contributed by atoms with Gasteiger partial charge in [0.15, 0.2) is 5.75 Å². The second kappa shape index (κ2) is 4.91. The van der Waals surface area contributed by atoms with Crippen LogP contribution in [0.4, 0.5) is 0 Å². The number of sulfonamides is 1. The van der Waals surface area contributed by atoms with Gasteiger partial charge < -0.3 is 10.8 Å².